The van der Waals surface area contributed by atoms with E-state index in [0.717, 1.165) is 0 Å². The van der Waals surface area contributed by atoms with Gasteiger partial charge in [0, 0.05) is 5.56 Å². The average Bonchev–Trinajstić information content (AvgIpc) is 3.02. The number of rotatable bonds is 4. The molecule has 2 aromatic carbocycles. The molecule has 9 heteroatoms. The third-order valence-corrected chi connectivity index (χ3v) is 5.11. The van der Waals surface area contributed by atoms with Gasteiger partial charge in [-0.15, -0.1) is 10.2 Å². The van der Waals surface area contributed by atoms with Crippen LogP contribution in [0.4, 0.5) is 4.39 Å². The van der Waals surface area contributed by atoms with Gasteiger partial charge in [0.15, 0.2) is 5.82 Å². The normalized spacial score (nSPS) is 12.4. The van der Waals surface area contributed by atoms with E-state index in [1.807, 2.05) is 13.0 Å². The summed E-state index contributed by atoms with van der Waals surface area (Å²) in [6, 6.07) is 13.1. The Hall–Kier alpha value is -3.20. The predicted molar refractivity (Wildman–Crippen MR) is 102 cm³/mol. The van der Waals surface area contributed by atoms with E-state index in [9.17, 15) is 9.18 Å². The van der Waals surface area contributed by atoms with Gasteiger partial charge >= 0.3 is 0 Å². The highest BCUT2D eigenvalue weighted by Gasteiger charge is 2.18. The summed E-state index contributed by atoms with van der Waals surface area (Å²) in [5, 5.41) is 8.87. The largest absolute Gasteiger partial charge is 0.335 e. The van der Waals surface area contributed by atoms with Crippen molar-refractivity contribution in [3.05, 3.63) is 70.5 Å². The van der Waals surface area contributed by atoms with Crippen LogP contribution < -0.4 is 11.4 Å². The number of aromatic amines is 1. The number of benzene rings is 2. The summed E-state index contributed by atoms with van der Waals surface area (Å²) in [7, 11) is 0. The summed E-state index contributed by atoms with van der Waals surface area (Å²) in [4.78, 5) is 19.6. The van der Waals surface area contributed by atoms with Crippen molar-refractivity contribution >= 4 is 22.7 Å². The second-order valence-electron chi connectivity index (χ2n) is 5.91. The molecule has 0 unspecified atom stereocenters. The lowest BCUT2D eigenvalue weighted by Gasteiger charge is -2.10. The maximum atomic E-state index is 13.4. The fourth-order valence-electron chi connectivity index (χ4n) is 2.69. The number of nitrogens with two attached hydrogens (primary N) is 1. The number of nitrogens with one attached hydrogen (secondary N) is 1. The fourth-order valence-corrected chi connectivity index (χ4v) is 3.52. The van der Waals surface area contributed by atoms with Crippen molar-refractivity contribution in [2.75, 3.05) is 5.84 Å². The first kappa shape index (κ1) is 17.2. The molecule has 7 nitrogen and oxygen atoms in total. The van der Waals surface area contributed by atoms with Crippen molar-refractivity contribution in [1.29, 1.82) is 0 Å². The molecule has 0 saturated heterocycles. The van der Waals surface area contributed by atoms with Crippen LogP contribution in [-0.2, 0) is 0 Å². The fraction of sp³-hybridized carbons (Fsp3) is 0.111. The summed E-state index contributed by atoms with van der Waals surface area (Å²) < 4.78 is 14.7. The number of halogens is 1. The van der Waals surface area contributed by atoms with Gasteiger partial charge in [0.2, 0.25) is 5.16 Å². The van der Waals surface area contributed by atoms with Crippen molar-refractivity contribution < 1.29 is 4.39 Å². The summed E-state index contributed by atoms with van der Waals surface area (Å²) in [5.41, 5.74) is 0.956. The van der Waals surface area contributed by atoms with Crippen LogP contribution in [-0.4, -0.2) is 24.8 Å². The van der Waals surface area contributed by atoms with Crippen molar-refractivity contribution in [3.8, 4) is 11.4 Å². The van der Waals surface area contributed by atoms with Crippen molar-refractivity contribution in [2.45, 2.75) is 17.3 Å². The topological polar surface area (TPSA) is 102 Å². The third kappa shape index (κ3) is 3.28. The second-order valence-corrected chi connectivity index (χ2v) is 7.22. The van der Waals surface area contributed by atoms with Crippen molar-refractivity contribution in [2.24, 2.45) is 0 Å². The Morgan fingerprint density at radius 2 is 2.00 bits per heavy atom. The molecule has 0 spiro atoms. The molecule has 136 valence electrons. The Bertz CT molecular complexity index is 1190. The lowest BCUT2D eigenvalue weighted by Crippen LogP contribution is -2.14. The molecule has 4 aromatic rings. The Labute approximate surface area is 157 Å². The molecular weight excluding hydrogens is 367 g/mol. The van der Waals surface area contributed by atoms with Crippen molar-refractivity contribution in [3.63, 3.8) is 0 Å². The Kier molecular flexibility index (Phi) is 4.36. The van der Waals surface area contributed by atoms with E-state index in [0.29, 0.717) is 33.3 Å². The van der Waals surface area contributed by atoms with E-state index >= 15 is 0 Å². The second kappa shape index (κ2) is 6.84. The van der Waals surface area contributed by atoms with Crippen LogP contribution >= 0.6 is 11.8 Å². The molecule has 4 rings (SSSR count). The summed E-state index contributed by atoms with van der Waals surface area (Å²) in [6.07, 6.45) is 0. The number of nitrogen functional groups attached to an aromatic ring is 1. The van der Waals surface area contributed by atoms with Gasteiger partial charge in [0.25, 0.3) is 5.56 Å². The minimum Gasteiger partial charge on any atom is -0.335 e. The number of aromatic nitrogens is 5. The molecule has 0 aliphatic carbocycles. The number of fused-ring (bicyclic) bond motifs is 1. The Morgan fingerprint density at radius 3 is 2.81 bits per heavy atom. The maximum Gasteiger partial charge on any atom is 0.258 e. The quantitative estimate of drug-likeness (QED) is 0.416. The molecule has 0 fully saturated rings. The van der Waals surface area contributed by atoms with Crippen LogP contribution in [0.5, 0.6) is 0 Å². The molecule has 0 aliphatic rings. The van der Waals surface area contributed by atoms with E-state index < -0.39 is 0 Å². The zero-order chi connectivity index (χ0) is 19.0. The van der Waals surface area contributed by atoms with Crippen LogP contribution in [0.3, 0.4) is 0 Å². The number of thioether (sulfide) groups is 1. The minimum atomic E-state index is -0.379. The first-order valence-electron chi connectivity index (χ1n) is 8.15. The first-order chi connectivity index (χ1) is 13.0. The van der Waals surface area contributed by atoms with Gasteiger partial charge in [0.1, 0.15) is 11.6 Å². The Morgan fingerprint density at radius 1 is 1.19 bits per heavy atom. The molecule has 0 aliphatic heterocycles. The summed E-state index contributed by atoms with van der Waals surface area (Å²) >= 11 is 1.30. The van der Waals surface area contributed by atoms with Crippen LogP contribution in [0.2, 0.25) is 0 Å². The van der Waals surface area contributed by atoms with E-state index in [1.165, 1.54) is 28.6 Å². The monoisotopic (exact) mass is 382 g/mol. The maximum absolute atomic E-state index is 13.4. The highest BCUT2D eigenvalue weighted by molar-refractivity contribution is 7.99. The molecule has 2 heterocycles. The van der Waals surface area contributed by atoms with E-state index in [-0.39, 0.29) is 16.6 Å². The molecule has 0 saturated carbocycles. The molecular formula is C18H15FN6OS. The molecule has 1 atom stereocenters. The van der Waals surface area contributed by atoms with Crippen LogP contribution in [0.15, 0.2) is 58.5 Å². The van der Waals surface area contributed by atoms with Gasteiger partial charge < -0.3 is 10.8 Å². The van der Waals surface area contributed by atoms with Crippen LogP contribution in [0.25, 0.3) is 22.3 Å². The predicted octanol–water partition coefficient (Wildman–Crippen LogP) is 2.89. The summed E-state index contributed by atoms with van der Waals surface area (Å²) in [6.45, 7) is 1.88. The number of hydrogen-bond acceptors (Lipinski definition) is 6. The average molecular weight is 382 g/mol. The van der Waals surface area contributed by atoms with Crippen molar-refractivity contribution in [1.82, 2.24) is 24.8 Å². The highest BCUT2D eigenvalue weighted by Crippen LogP contribution is 2.32. The van der Waals surface area contributed by atoms with Gasteiger partial charge in [0.05, 0.1) is 16.2 Å². The van der Waals surface area contributed by atoms with E-state index in [2.05, 4.69) is 20.2 Å². The number of hydrogen-bond donors (Lipinski definition) is 2. The van der Waals surface area contributed by atoms with Crippen LogP contribution in [0.1, 0.15) is 18.0 Å². The zero-order valence-corrected chi connectivity index (χ0v) is 15.1. The van der Waals surface area contributed by atoms with Gasteiger partial charge in [-0.05, 0) is 31.2 Å². The third-order valence-electron chi connectivity index (χ3n) is 4.05. The SMILES string of the molecule is C[C@H](Sc1nnc(-c2cccc(F)c2)n1N)c1nc2ccccc2c(=O)[nH]1. The molecule has 2 aromatic heterocycles. The smallest absolute Gasteiger partial charge is 0.258 e. The lowest BCUT2D eigenvalue weighted by molar-refractivity contribution is 0.628. The summed E-state index contributed by atoms with van der Waals surface area (Å²) in [5.74, 6) is 6.57. The minimum absolute atomic E-state index is 0.197. The highest BCUT2D eigenvalue weighted by atomic mass is 32.2. The number of H-pyrrole nitrogens is 1. The lowest BCUT2D eigenvalue weighted by atomic mass is 10.2. The standard InChI is InChI=1S/C18H15FN6OS/c1-10(15-21-14-8-3-2-7-13(14)17(26)22-15)27-18-24-23-16(25(18)20)11-5-4-6-12(19)9-11/h2-10H,20H2,1H3,(H,21,22,26)/t10-/m0/s1. The van der Waals surface area contributed by atoms with Gasteiger partial charge in [-0.25, -0.2) is 14.1 Å². The Balaban J connectivity index is 1.64. The van der Waals surface area contributed by atoms with E-state index in [1.54, 1.807) is 30.3 Å². The molecule has 3 N–H and O–H groups in total. The van der Waals surface area contributed by atoms with Gasteiger partial charge in [-0.3, -0.25) is 4.79 Å². The molecule has 0 amide bonds. The van der Waals surface area contributed by atoms with Gasteiger partial charge in [-0.2, -0.15) is 0 Å². The van der Waals surface area contributed by atoms with Gasteiger partial charge in [-0.1, -0.05) is 36.0 Å². The van der Waals surface area contributed by atoms with Crippen LogP contribution in [0, 0.1) is 5.82 Å². The molecule has 0 radical (unpaired) electrons. The van der Waals surface area contributed by atoms with E-state index in [4.69, 9.17) is 5.84 Å². The number of para-hydroxylation sites is 1. The molecule has 27 heavy (non-hydrogen) atoms. The molecule has 0 bridgehead atoms. The first-order valence-corrected chi connectivity index (χ1v) is 9.03. The zero-order valence-electron chi connectivity index (χ0n) is 14.3. The number of nitrogens with zero attached hydrogens (tertiary/aromatic N) is 4.